The molecule has 2 heterocycles. The number of hydrogen-bond acceptors (Lipinski definition) is 6. The Morgan fingerprint density at radius 1 is 1.38 bits per heavy atom. The van der Waals surface area contributed by atoms with Crippen LogP contribution in [0.4, 0.5) is 5.82 Å². The Bertz CT molecular complexity index is 454. The van der Waals surface area contributed by atoms with Gasteiger partial charge in [-0.1, -0.05) is 17.8 Å². The van der Waals surface area contributed by atoms with E-state index in [-0.39, 0.29) is 0 Å². The van der Waals surface area contributed by atoms with Gasteiger partial charge in [0.15, 0.2) is 0 Å². The van der Waals surface area contributed by atoms with Gasteiger partial charge in [-0.3, -0.25) is 0 Å². The molecule has 0 amide bonds. The summed E-state index contributed by atoms with van der Waals surface area (Å²) >= 11 is 1.51. The van der Waals surface area contributed by atoms with Crippen molar-refractivity contribution >= 4 is 17.6 Å². The van der Waals surface area contributed by atoms with Gasteiger partial charge in [0.05, 0.1) is 0 Å². The number of anilines is 1. The predicted octanol–water partition coefficient (Wildman–Crippen LogP) is 2.11. The molecule has 1 N–H and O–H groups in total. The van der Waals surface area contributed by atoms with Crippen molar-refractivity contribution in [3.8, 4) is 0 Å². The fraction of sp³-hybridized carbons (Fsp3) is 0.300. The molecule has 2 rings (SSSR count). The lowest BCUT2D eigenvalue weighted by Gasteiger charge is -2.00. The first-order valence-corrected chi connectivity index (χ1v) is 5.82. The van der Waals surface area contributed by atoms with Crippen LogP contribution in [0.15, 0.2) is 28.0 Å². The minimum atomic E-state index is 0.589. The molecule has 0 spiro atoms. The highest BCUT2D eigenvalue weighted by Crippen LogP contribution is 2.21. The van der Waals surface area contributed by atoms with Gasteiger partial charge < -0.3 is 9.73 Å². The lowest BCUT2D eigenvalue weighted by atomic mass is 10.3. The molecule has 2 aromatic heterocycles. The Labute approximate surface area is 97.7 Å². The number of thioether (sulfide) groups is 1. The molecule has 0 fully saturated rings. The molecule has 0 radical (unpaired) electrons. The van der Waals surface area contributed by atoms with Crippen LogP contribution in [0.3, 0.4) is 0 Å². The van der Waals surface area contributed by atoms with E-state index in [2.05, 4.69) is 20.5 Å². The fourth-order valence-electron chi connectivity index (χ4n) is 1.14. The Hall–Kier alpha value is -1.56. The average Bonchev–Trinajstić information content (AvgIpc) is 2.73. The van der Waals surface area contributed by atoms with Crippen molar-refractivity contribution in [2.45, 2.75) is 17.9 Å². The van der Waals surface area contributed by atoms with Gasteiger partial charge >= 0.3 is 0 Å². The minimum absolute atomic E-state index is 0.589. The first-order chi connectivity index (χ1) is 7.78. The first kappa shape index (κ1) is 10.9. The molecule has 84 valence electrons. The highest BCUT2D eigenvalue weighted by atomic mass is 32.2. The Balaban J connectivity index is 1.94. The highest BCUT2D eigenvalue weighted by molar-refractivity contribution is 7.98. The van der Waals surface area contributed by atoms with Gasteiger partial charge in [-0.15, -0.1) is 10.2 Å². The van der Waals surface area contributed by atoms with Gasteiger partial charge in [0, 0.05) is 25.9 Å². The maximum Gasteiger partial charge on any atom is 0.276 e. The monoisotopic (exact) mass is 236 g/mol. The second-order valence-electron chi connectivity index (χ2n) is 3.18. The minimum Gasteiger partial charge on any atom is -0.416 e. The largest absolute Gasteiger partial charge is 0.416 e. The van der Waals surface area contributed by atoms with Crippen molar-refractivity contribution in [1.29, 1.82) is 0 Å². The van der Waals surface area contributed by atoms with E-state index in [4.69, 9.17) is 4.42 Å². The van der Waals surface area contributed by atoms with Crippen LogP contribution in [0.5, 0.6) is 0 Å². The molecular formula is C10H12N4OS. The number of hydrogen-bond donors (Lipinski definition) is 1. The molecule has 0 aliphatic heterocycles. The van der Waals surface area contributed by atoms with E-state index in [0.29, 0.717) is 11.1 Å². The fourth-order valence-corrected chi connectivity index (χ4v) is 1.88. The van der Waals surface area contributed by atoms with Crippen molar-refractivity contribution in [2.75, 3.05) is 12.4 Å². The van der Waals surface area contributed by atoms with Gasteiger partial charge in [0.25, 0.3) is 5.22 Å². The van der Waals surface area contributed by atoms with Crippen molar-refractivity contribution in [3.63, 3.8) is 0 Å². The third-order valence-corrected chi connectivity index (χ3v) is 2.84. The molecule has 0 aliphatic rings. The smallest absolute Gasteiger partial charge is 0.276 e. The molecule has 2 aromatic rings. The van der Waals surface area contributed by atoms with Crippen molar-refractivity contribution in [1.82, 2.24) is 15.2 Å². The van der Waals surface area contributed by atoms with Crippen LogP contribution in [-0.4, -0.2) is 22.2 Å². The molecule has 0 aromatic carbocycles. The van der Waals surface area contributed by atoms with E-state index in [1.54, 1.807) is 6.92 Å². The van der Waals surface area contributed by atoms with Crippen LogP contribution >= 0.6 is 11.8 Å². The number of nitrogens with one attached hydrogen (secondary N) is 1. The summed E-state index contributed by atoms with van der Waals surface area (Å²) in [6.07, 6.45) is 1.84. The van der Waals surface area contributed by atoms with Crippen molar-refractivity contribution in [3.05, 3.63) is 29.8 Å². The third-order valence-electron chi connectivity index (χ3n) is 1.95. The van der Waals surface area contributed by atoms with E-state index >= 15 is 0 Å². The normalized spacial score (nSPS) is 10.4. The van der Waals surface area contributed by atoms with Crippen LogP contribution in [-0.2, 0) is 5.75 Å². The van der Waals surface area contributed by atoms with E-state index in [0.717, 1.165) is 17.1 Å². The number of rotatable bonds is 4. The SMILES string of the molecule is CNc1ccc(CSc2nnc(C)o2)cn1. The molecule has 6 heteroatoms. The van der Waals surface area contributed by atoms with Crippen LogP contribution in [0.25, 0.3) is 0 Å². The summed E-state index contributed by atoms with van der Waals surface area (Å²) in [5, 5.41) is 11.2. The van der Waals surface area contributed by atoms with Crippen molar-refractivity contribution < 1.29 is 4.42 Å². The first-order valence-electron chi connectivity index (χ1n) is 4.83. The highest BCUT2D eigenvalue weighted by Gasteiger charge is 2.03. The van der Waals surface area contributed by atoms with Gasteiger partial charge in [-0.05, 0) is 11.6 Å². The maximum atomic E-state index is 5.26. The second kappa shape index (κ2) is 4.98. The molecule has 0 saturated heterocycles. The summed E-state index contributed by atoms with van der Waals surface area (Å²) in [6, 6.07) is 3.96. The molecular weight excluding hydrogens is 224 g/mol. The van der Waals surface area contributed by atoms with E-state index in [9.17, 15) is 0 Å². The average molecular weight is 236 g/mol. The van der Waals surface area contributed by atoms with Gasteiger partial charge in [0.2, 0.25) is 5.89 Å². The van der Waals surface area contributed by atoms with Gasteiger partial charge in [0.1, 0.15) is 5.82 Å². The van der Waals surface area contributed by atoms with Crippen LogP contribution in [0.1, 0.15) is 11.5 Å². The zero-order valence-electron chi connectivity index (χ0n) is 9.10. The summed E-state index contributed by atoms with van der Waals surface area (Å²) in [4.78, 5) is 4.22. The number of aromatic nitrogens is 3. The number of nitrogens with zero attached hydrogens (tertiary/aromatic N) is 3. The zero-order chi connectivity index (χ0) is 11.4. The number of aryl methyl sites for hydroxylation is 1. The molecule has 0 aliphatic carbocycles. The second-order valence-corrected chi connectivity index (χ2v) is 4.10. The Kier molecular flexibility index (Phi) is 3.40. The van der Waals surface area contributed by atoms with Crippen LogP contribution in [0, 0.1) is 6.92 Å². The van der Waals surface area contributed by atoms with E-state index < -0.39 is 0 Å². The van der Waals surface area contributed by atoms with Crippen LogP contribution in [0.2, 0.25) is 0 Å². The quantitative estimate of drug-likeness (QED) is 0.820. The van der Waals surface area contributed by atoms with Crippen molar-refractivity contribution in [2.24, 2.45) is 0 Å². The lowest BCUT2D eigenvalue weighted by Crippen LogP contribution is -1.92. The molecule has 0 atom stereocenters. The summed E-state index contributed by atoms with van der Waals surface area (Å²) in [6.45, 7) is 1.78. The third kappa shape index (κ3) is 2.73. The summed E-state index contributed by atoms with van der Waals surface area (Å²) < 4.78 is 5.26. The van der Waals surface area contributed by atoms with Gasteiger partial charge in [-0.2, -0.15) is 0 Å². The lowest BCUT2D eigenvalue weighted by molar-refractivity contribution is 0.429. The molecule has 0 unspecified atom stereocenters. The molecule has 16 heavy (non-hydrogen) atoms. The van der Waals surface area contributed by atoms with Gasteiger partial charge in [-0.25, -0.2) is 4.98 Å². The summed E-state index contributed by atoms with van der Waals surface area (Å²) in [7, 11) is 1.85. The zero-order valence-corrected chi connectivity index (χ0v) is 9.91. The van der Waals surface area contributed by atoms with Crippen LogP contribution < -0.4 is 5.32 Å². The Morgan fingerprint density at radius 3 is 2.81 bits per heavy atom. The standard InChI is InChI=1S/C10H12N4OS/c1-7-13-14-10(15-7)16-6-8-3-4-9(11-2)12-5-8/h3-5H,6H2,1-2H3,(H,11,12). The maximum absolute atomic E-state index is 5.26. The molecule has 0 bridgehead atoms. The molecule has 0 saturated carbocycles. The summed E-state index contributed by atoms with van der Waals surface area (Å²) in [5.74, 6) is 2.23. The Morgan fingerprint density at radius 2 is 2.25 bits per heavy atom. The topological polar surface area (TPSA) is 63.8 Å². The number of pyridine rings is 1. The van der Waals surface area contributed by atoms with E-state index in [1.807, 2.05) is 25.4 Å². The summed E-state index contributed by atoms with van der Waals surface area (Å²) in [5.41, 5.74) is 1.12. The van der Waals surface area contributed by atoms with E-state index in [1.165, 1.54) is 11.8 Å². The molecule has 5 nitrogen and oxygen atoms in total. The predicted molar refractivity (Wildman–Crippen MR) is 62.4 cm³/mol.